The highest BCUT2D eigenvalue weighted by atomic mass is 35.5. The van der Waals surface area contributed by atoms with E-state index >= 15 is 0 Å². The molecule has 1 nitrogen and oxygen atoms in total. The average Bonchev–Trinajstić information content (AvgIpc) is 2.32. The van der Waals surface area contributed by atoms with Crippen LogP contribution >= 0.6 is 46.4 Å². The van der Waals surface area contributed by atoms with Crippen molar-refractivity contribution in [2.24, 2.45) is 0 Å². The van der Waals surface area contributed by atoms with E-state index in [4.69, 9.17) is 46.4 Å². The number of hydrogen-bond acceptors (Lipinski definition) is 1. The third-order valence-corrected chi connectivity index (χ3v) is 3.74. The molecule has 0 saturated heterocycles. The Hall–Kier alpha value is -0.600. The quantitative estimate of drug-likeness (QED) is 0.741. The predicted octanol–water partition coefficient (Wildman–Crippen LogP) is 5.91. The van der Waals surface area contributed by atoms with Gasteiger partial charge in [-0.05, 0) is 35.9 Å². The Kier molecular flexibility index (Phi) is 4.63. The largest absolute Gasteiger partial charge is 0.381 e. The van der Waals surface area contributed by atoms with E-state index in [2.05, 4.69) is 5.32 Å². The number of hydrogen-bond donors (Lipinski definition) is 1. The SMILES string of the molecule is Clc1ccc(CNc2ccc(Cl)c(Cl)c2)c(Cl)c1. The van der Waals surface area contributed by atoms with Gasteiger partial charge in [-0.1, -0.05) is 52.5 Å². The number of halogens is 4. The summed E-state index contributed by atoms with van der Waals surface area (Å²) in [6, 6.07) is 10.8. The third-order valence-electron chi connectivity index (χ3n) is 2.42. The van der Waals surface area contributed by atoms with Crippen LogP contribution in [-0.4, -0.2) is 0 Å². The summed E-state index contributed by atoms with van der Waals surface area (Å²) in [5, 5.41) is 5.53. The van der Waals surface area contributed by atoms with E-state index < -0.39 is 0 Å². The van der Waals surface area contributed by atoms with Crippen molar-refractivity contribution in [3.63, 3.8) is 0 Å². The Morgan fingerprint density at radius 3 is 2.22 bits per heavy atom. The molecule has 0 aliphatic rings. The maximum absolute atomic E-state index is 6.08. The lowest BCUT2D eigenvalue weighted by Gasteiger charge is -2.09. The lowest BCUT2D eigenvalue weighted by atomic mass is 10.2. The Labute approximate surface area is 126 Å². The van der Waals surface area contributed by atoms with E-state index in [1.165, 1.54) is 0 Å². The van der Waals surface area contributed by atoms with E-state index in [-0.39, 0.29) is 0 Å². The van der Waals surface area contributed by atoms with Crippen LogP contribution in [0, 0.1) is 0 Å². The van der Waals surface area contributed by atoms with Crippen LogP contribution in [0.25, 0.3) is 0 Å². The minimum Gasteiger partial charge on any atom is -0.381 e. The normalized spacial score (nSPS) is 10.4. The van der Waals surface area contributed by atoms with Crippen molar-refractivity contribution in [2.45, 2.75) is 6.54 Å². The summed E-state index contributed by atoms with van der Waals surface area (Å²) in [6.07, 6.45) is 0. The smallest absolute Gasteiger partial charge is 0.0612 e. The van der Waals surface area contributed by atoms with Crippen molar-refractivity contribution in [3.8, 4) is 0 Å². The summed E-state index contributed by atoms with van der Waals surface area (Å²) in [4.78, 5) is 0. The van der Waals surface area contributed by atoms with Crippen LogP contribution in [0.2, 0.25) is 20.1 Å². The van der Waals surface area contributed by atoms with Crippen LogP contribution in [0.5, 0.6) is 0 Å². The molecule has 5 heteroatoms. The van der Waals surface area contributed by atoms with Gasteiger partial charge in [-0.15, -0.1) is 0 Å². The van der Waals surface area contributed by atoms with Crippen molar-refractivity contribution in [1.82, 2.24) is 0 Å². The molecule has 0 aliphatic heterocycles. The van der Waals surface area contributed by atoms with Gasteiger partial charge in [0.25, 0.3) is 0 Å². The van der Waals surface area contributed by atoms with Gasteiger partial charge in [-0.25, -0.2) is 0 Å². The molecule has 0 spiro atoms. The molecule has 2 rings (SSSR count). The molecule has 0 aliphatic carbocycles. The predicted molar refractivity (Wildman–Crippen MR) is 80.3 cm³/mol. The van der Waals surface area contributed by atoms with Crippen molar-refractivity contribution in [3.05, 3.63) is 62.1 Å². The molecule has 18 heavy (non-hydrogen) atoms. The summed E-state index contributed by atoms with van der Waals surface area (Å²) < 4.78 is 0. The maximum Gasteiger partial charge on any atom is 0.0612 e. The molecule has 0 fully saturated rings. The van der Waals surface area contributed by atoms with Crippen LogP contribution in [0.3, 0.4) is 0 Å². The summed E-state index contributed by atoms with van der Waals surface area (Å²) in [6.45, 7) is 0.591. The van der Waals surface area contributed by atoms with Crippen LogP contribution in [0.15, 0.2) is 36.4 Å². The Morgan fingerprint density at radius 1 is 0.778 bits per heavy atom. The second-order valence-electron chi connectivity index (χ2n) is 3.72. The number of nitrogens with one attached hydrogen (secondary N) is 1. The summed E-state index contributed by atoms with van der Waals surface area (Å²) >= 11 is 23.7. The van der Waals surface area contributed by atoms with Crippen LogP contribution in [-0.2, 0) is 6.54 Å². The molecular formula is C13H9Cl4N. The molecule has 0 atom stereocenters. The van der Waals surface area contributed by atoms with Crippen molar-refractivity contribution < 1.29 is 0 Å². The Morgan fingerprint density at radius 2 is 1.56 bits per heavy atom. The van der Waals surface area contributed by atoms with E-state index in [0.29, 0.717) is 26.6 Å². The highest BCUT2D eigenvalue weighted by Crippen LogP contribution is 2.26. The Bertz CT molecular complexity index is 569. The van der Waals surface area contributed by atoms with Gasteiger partial charge in [-0.2, -0.15) is 0 Å². The van der Waals surface area contributed by atoms with Crippen molar-refractivity contribution >= 4 is 52.1 Å². The molecule has 0 saturated carbocycles. The number of rotatable bonds is 3. The minimum atomic E-state index is 0.517. The van der Waals surface area contributed by atoms with Crippen LogP contribution in [0.4, 0.5) is 5.69 Å². The lowest BCUT2D eigenvalue weighted by Crippen LogP contribution is -1.99. The zero-order valence-corrected chi connectivity index (χ0v) is 12.2. The monoisotopic (exact) mass is 319 g/mol. The summed E-state index contributed by atoms with van der Waals surface area (Å²) in [5.74, 6) is 0. The van der Waals surface area contributed by atoms with Gasteiger partial charge in [0.1, 0.15) is 0 Å². The van der Waals surface area contributed by atoms with Gasteiger partial charge in [-0.3, -0.25) is 0 Å². The first-order valence-corrected chi connectivity index (χ1v) is 6.70. The summed E-state index contributed by atoms with van der Waals surface area (Å²) in [5.41, 5.74) is 1.85. The molecule has 2 aromatic carbocycles. The molecular weight excluding hydrogens is 312 g/mol. The van der Waals surface area contributed by atoms with Crippen molar-refractivity contribution in [1.29, 1.82) is 0 Å². The fourth-order valence-corrected chi connectivity index (χ4v) is 2.24. The molecule has 0 radical (unpaired) electrons. The molecule has 0 heterocycles. The minimum absolute atomic E-state index is 0.517. The van der Waals surface area contributed by atoms with Crippen LogP contribution < -0.4 is 5.32 Å². The standard InChI is InChI=1S/C13H9Cl4N/c14-9-2-1-8(12(16)5-9)7-18-10-3-4-11(15)13(17)6-10/h1-6,18H,7H2. The molecule has 2 aromatic rings. The van der Waals surface area contributed by atoms with Gasteiger partial charge in [0.15, 0.2) is 0 Å². The Balaban J connectivity index is 2.09. The second kappa shape index (κ2) is 6.03. The first kappa shape index (κ1) is 13.8. The van der Waals surface area contributed by atoms with E-state index in [1.807, 2.05) is 12.1 Å². The second-order valence-corrected chi connectivity index (χ2v) is 5.38. The highest BCUT2D eigenvalue weighted by molar-refractivity contribution is 6.42. The highest BCUT2D eigenvalue weighted by Gasteiger charge is 2.03. The van der Waals surface area contributed by atoms with E-state index in [9.17, 15) is 0 Å². The number of anilines is 1. The third kappa shape index (κ3) is 3.46. The zero-order chi connectivity index (χ0) is 13.1. The summed E-state index contributed by atoms with van der Waals surface area (Å²) in [7, 11) is 0. The molecule has 0 amide bonds. The molecule has 1 N–H and O–H groups in total. The van der Waals surface area contributed by atoms with Crippen LogP contribution in [0.1, 0.15) is 5.56 Å². The fraction of sp³-hybridized carbons (Fsp3) is 0.0769. The van der Waals surface area contributed by atoms with E-state index in [1.54, 1.807) is 24.3 Å². The molecule has 94 valence electrons. The van der Waals surface area contributed by atoms with Gasteiger partial charge >= 0.3 is 0 Å². The topological polar surface area (TPSA) is 12.0 Å². The van der Waals surface area contributed by atoms with Gasteiger partial charge in [0.2, 0.25) is 0 Å². The number of benzene rings is 2. The molecule has 0 unspecified atom stereocenters. The zero-order valence-electron chi connectivity index (χ0n) is 9.18. The molecule has 0 aromatic heterocycles. The molecule has 0 bridgehead atoms. The lowest BCUT2D eigenvalue weighted by molar-refractivity contribution is 1.15. The average molecular weight is 321 g/mol. The first-order valence-electron chi connectivity index (χ1n) is 5.19. The first-order chi connectivity index (χ1) is 8.56. The van der Waals surface area contributed by atoms with Gasteiger partial charge in [0.05, 0.1) is 10.0 Å². The fourth-order valence-electron chi connectivity index (χ4n) is 1.47. The van der Waals surface area contributed by atoms with E-state index in [0.717, 1.165) is 11.3 Å². The van der Waals surface area contributed by atoms with Gasteiger partial charge in [0, 0.05) is 22.3 Å². The maximum atomic E-state index is 6.08. The van der Waals surface area contributed by atoms with Crippen molar-refractivity contribution in [2.75, 3.05) is 5.32 Å². The van der Waals surface area contributed by atoms with Gasteiger partial charge < -0.3 is 5.32 Å².